The Hall–Kier alpha value is -3.60. The highest BCUT2D eigenvalue weighted by Crippen LogP contribution is 2.38. The minimum Gasteiger partial charge on any atom is -0.493 e. The fourth-order valence-electron chi connectivity index (χ4n) is 2.48. The summed E-state index contributed by atoms with van der Waals surface area (Å²) in [5, 5.41) is 2.54. The molecule has 0 bridgehead atoms. The molecule has 8 heteroatoms. The molecule has 0 heterocycles. The number of rotatable bonds is 6. The summed E-state index contributed by atoms with van der Waals surface area (Å²) in [6.45, 7) is -0.0192. The van der Waals surface area contributed by atoms with Crippen molar-refractivity contribution in [2.45, 2.75) is 6.18 Å². The van der Waals surface area contributed by atoms with Gasteiger partial charge in [0.1, 0.15) is 0 Å². The zero-order valence-electron chi connectivity index (χ0n) is 16.6. The van der Waals surface area contributed by atoms with E-state index in [9.17, 15) is 18.0 Å². The fraction of sp³-hybridized carbons (Fsp3) is 0.227. The number of halogens is 3. The van der Waals surface area contributed by atoms with Gasteiger partial charge in [-0.3, -0.25) is 4.79 Å². The summed E-state index contributed by atoms with van der Waals surface area (Å²) in [5.74, 6) is 6.13. The molecule has 1 N–H and O–H groups in total. The van der Waals surface area contributed by atoms with Crippen LogP contribution in [0.4, 0.5) is 13.2 Å². The van der Waals surface area contributed by atoms with E-state index in [0.717, 1.165) is 12.1 Å². The molecule has 0 radical (unpaired) electrons. The molecule has 0 unspecified atom stereocenters. The van der Waals surface area contributed by atoms with Crippen LogP contribution in [0.25, 0.3) is 6.08 Å². The first-order valence-corrected chi connectivity index (χ1v) is 8.70. The van der Waals surface area contributed by atoms with Gasteiger partial charge in [0.25, 0.3) is 0 Å². The van der Waals surface area contributed by atoms with Crippen LogP contribution < -0.4 is 19.5 Å². The predicted octanol–water partition coefficient (Wildman–Crippen LogP) is 3.91. The number of amides is 1. The lowest BCUT2D eigenvalue weighted by Gasteiger charge is -2.12. The SMILES string of the molecule is COc1cc(/C=C/C(=O)NCC#Cc2cccc(C(F)(F)F)c2)cc(OC)c1OC. The Balaban J connectivity index is 1.99. The van der Waals surface area contributed by atoms with Gasteiger partial charge in [-0.15, -0.1) is 0 Å². The van der Waals surface area contributed by atoms with Crippen molar-refractivity contribution in [3.63, 3.8) is 0 Å². The van der Waals surface area contributed by atoms with Gasteiger partial charge >= 0.3 is 6.18 Å². The van der Waals surface area contributed by atoms with Gasteiger partial charge in [0.15, 0.2) is 11.5 Å². The fourth-order valence-corrected chi connectivity index (χ4v) is 2.48. The molecule has 2 aromatic carbocycles. The molecule has 0 saturated carbocycles. The average Bonchev–Trinajstić information content (AvgIpc) is 2.74. The van der Waals surface area contributed by atoms with Crippen LogP contribution in [0, 0.1) is 11.8 Å². The van der Waals surface area contributed by atoms with Crippen molar-refractivity contribution >= 4 is 12.0 Å². The molecule has 0 atom stereocenters. The minimum absolute atomic E-state index is 0.0192. The number of carbonyl (C=O) groups is 1. The van der Waals surface area contributed by atoms with Crippen LogP contribution in [0.5, 0.6) is 17.2 Å². The van der Waals surface area contributed by atoms with E-state index in [4.69, 9.17) is 14.2 Å². The highest BCUT2D eigenvalue weighted by atomic mass is 19.4. The number of alkyl halides is 3. The molecule has 2 aromatic rings. The number of ether oxygens (including phenoxy) is 3. The van der Waals surface area contributed by atoms with Crippen LogP contribution in [0.3, 0.4) is 0 Å². The lowest BCUT2D eigenvalue weighted by atomic mass is 10.1. The first kappa shape index (κ1) is 22.7. The number of methoxy groups -OCH3 is 3. The van der Waals surface area contributed by atoms with Crippen LogP contribution in [0.2, 0.25) is 0 Å². The second kappa shape index (κ2) is 10.3. The molecule has 1 amide bonds. The van der Waals surface area contributed by atoms with Gasteiger partial charge in [0, 0.05) is 11.6 Å². The summed E-state index contributed by atoms with van der Waals surface area (Å²) in [6, 6.07) is 8.04. The van der Waals surface area contributed by atoms with Crippen molar-refractivity contribution in [1.82, 2.24) is 5.32 Å². The number of hydrogen-bond acceptors (Lipinski definition) is 4. The second-order valence-corrected chi connectivity index (χ2v) is 5.89. The molecule has 0 aliphatic heterocycles. The first-order valence-electron chi connectivity index (χ1n) is 8.70. The highest BCUT2D eigenvalue weighted by Gasteiger charge is 2.30. The van der Waals surface area contributed by atoms with Crippen molar-refractivity contribution in [3.8, 4) is 29.1 Å². The van der Waals surface area contributed by atoms with Gasteiger partial charge in [-0.05, 0) is 42.0 Å². The second-order valence-electron chi connectivity index (χ2n) is 5.89. The maximum Gasteiger partial charge on any atom is 0.416 e. The monoisotopic (exact) mass is 419 g/mol. The largest absolute Gasteiger partial charge is 0.493 e. The summed E-state index contributed by atoms with van der Waals surface area (Å²) in [4.78, 5) is 11.9. The molecule has 0 aromatic heterocycles. The molecule has 0 aliphatic rings. The third-order valence-corrected chi connectivity index (χ3v) is 3.89. The zero-order chi connectivity index (χ0) is 22.1. The number of carbonyl (C=O) groups excluding carboxylic acids is 1. The molecule has 158 valence electrons. The van der Waals surface area contributed by atoms with Crippen LogP contribution in [0.1, 0.15) is 16.7 Å². The Labute approximate surface area is 172 Å². The molecular weight excluding hydrogens is 399 g/mol. The number of nitrogens with one attached hydrogen (secondary N) is 1. The Kier molecular flexibility index (Phi) is 7.76. The predicted molar refractivity (Wildman–Crippen MR) is 106 cm³/mol. The summed E-state index contributed by atoms with van der Waals surface area (Å²) in [5.41, 5.74) is 0.0911. The Morgan fingerprint density at radius 2 is 1.73 bits per heavy atom. The van der Waals surface area contributed by atoms with Crippen molar-refractivity contribution in [2.75, 3.05) is 27.9 Å². The average molecular weight is 419 g/mol. The van der Waals surface area contributed by atoms with Crippen LogP contribution in [0.15, 0.2) is 42.5 Å². The molecule has 2 rings (SSSR count). The molecule has 30 heavy (non-hydrogen) atoms. The third-order valence-electron chi connectivity index (χ3n) is 3.89. The van der Waals surface area contributed by atoms with E-state index in [-0.39, 0.29) is 12.1 Å². The van der Waals surface area contributed by atoms with Gasteiger partial charge in [0.2, 0.25) is 11.7 Å². The van der Waals surface area contributed by atoms with E-state index in [2.05, 4.69) is 17.2 Å². The molecule has 5 nitrogen and oxygen atoms in total. The van der Waals surface area contributed by atoms with Gasteiger partial charge in [-0.25, -0.2) is 0 Å². The van der Waals surface area contributed by atoms with Crippen LogP contribution >= 0.6 is 0 Å². The maximum absolute atomic E-state index is 12.7. The van der Waals surface area contributed by atoms with Crippen LogP contribution in [-0.4, -0.2) is 33.8 Å². The summed E-state index contributed by atoms with van der Waals surface area (Å²) >= 11 is 0. The van der Waals surface area contributed by atoms with Crippen molar-refractivity contribution in [2.24, 2.45) is 0 Å². The maximum atomic E-state index is 12.7. The van der Waals surface area contributed by atoms with E-state index in [1.54, 1.807) is 18.2 Å². The topological polar surface area (TPSA) is 56.8 Å². The van der Waals surface area contributed by atoms with E-state index in [1.165, 1.54) is 39.5 Å². The van der Waals surface area contributed by atoms with E-state index in [1.807, 2.05) is 0 Å². The standard InChI is InChI=1S/C22H20F3NO4/c1-28-18-13-16(14-19(29-2)21(18)30-3)9-10-20(27)26-11-5-7-15-6-4-8-17(12-15)22(23,24)25/h4,6,8-10,12-14H,11H2,1-3H3,(H,26,27)/b10-9+. The summed E-state index contributed by atoms with van der Waals surface area (Å²) < 4.78 is 53.8. The summed E-state index contributed by atoms with van der Waals surface area (Å²) in [7, 11) is 4.46. The molecule has 0 saturated heterocycles. The third kappa shape index (κ3) is 6.21. The van der Waals surface area contributed by atoms with Gasteiger partial charge < -0.3 is 19.5 Å². The normalized spacial score (nSPS) is 10.9. The van der Waals surface area contributed by atoms with Gasteiger partial charge in [-0.1, -0.05) is 17.9 Å². The lowest BCUT2D eigenvalue weighted by molar-refractivity contribution is -0.137. The summed E-state index contributed by atoms with van der Waals surface area (Å²) in [6.07, 6.45) is -1.57. The zero-order valence-corrected chi connectivity index (χ0v) is 16.6. The van der Waals surface area contributed by atoms with E-state index >= 15 is 0 Å². The Morgan fingerprint density at radius 1 is 1.07 bits per heavy atom. The van der Waals surface area contributed by atoms with Crippen molar-refractivity contribution < 1.29 is 32.2 Å². The number of benzene rings is 2. The molecular formula is C22H20F3NO4. The smallest absolute Gasteiger partial charge is 0.416 e. The Morgan fingerprint density at radius 3 is 2.30 bits per heavy atom. The van der Waals surface area contributed by atoms with Gasteiger partial charge in [-0.2, -0.15) is 13.2 Å². The van der Waals surface area contributed by atoms with Crippen molar-refractivity contribution in [3.05, 3.63) is 59.2 Å². The molecule has 0 aliphatic carbocycles. The lowest BCUT2D eigenvalue weighted by Crippen LogP contribution is -2.20. The van der Waals surface area contributed by atoms with E-state index in [0.29, 0.717) is 22.8 Å². The highest BCUT2D eigenvalue weighted by molar-refractivity contribution is 5.92. The minimum atomic E-state index is -4.43. The molecule has 0 spiro atoms. The van der Waals surface area contributed by atoms with Crippen LogP contribution in [-0.2, 0) is 11.0 Å². The number of hydrogen-bond donors (Lipinski definition) is 1. The Bertz CT molecular complexity index is 963. The first-order chi connectivity index (χ1) is 14.3. The van der Waals surface area contributed by atoms with E-state index < -0.39 is 17.6 Å². The van der Waals surface area contributed by atoms with Crippen molar-refractivity contribution in [1.29, 1.82) is 0 Å². The quantitative estimate of drug-likeness (QED) is 0.570. The van der Waals surface area contributed by atoms with Gasteiger partial charge in [0.05, 0.1) is 33.4 Å². The molecule has 0 fully saturated rings.